The number of nitrogens with one attached hydrogen (secondary N) is 1. The Kier molecular flexibility index (Phi) is 5.89. The van der Waals surface area contributed by atoms with Gasteiger partial charge in [-0.25, -0.2) is 4.79 Å². The van der Waals surface area contributed by atoms with Crippen molar-refractivity contribution in [2.75, 3.05) is 25.5 Å². The number of carbonyl (C=O) groups excluding carboxylic acids is 2. The van der Waals surface area contributed by atoms with Crippen LogP contribution in [0.1, 0.15) is 30.6 Å². The standard InChI is InChI=1S/C17H22ClN3O4/c1-10(2)20(3)15(22)11-4-5-13(18)14(8-11)19-17(25)21-7-6-12(9-21)16(23)24/h4-5,8,10,12H,6-7,9H2,1-3H3,(H,19,25)(H,23,24). The number of anilines is 1. The first-order valence-electron chi connectivity index (χ1n) is 8.06. The quantitative estimate of drug-likeness (QED) is 0.856. The van der Waals surface area contributed by atoms with Crippen LogP contribution in [-0.4, -0.2) is 59.0 Å². The highest BCUT2D eigenvalue weighted by Gasteiger charge is 2.31. The summed E-state index contributed by atoms with van der Waals surface area (Å²) >= 11 is 6.12. The largest absolute Gasteiger partial charge is 0.481 e. The molecule has 0 saturated carbocycles. The van der Waals surface area contributed by atoms with Crippen LogP contribution >= 0.6 is 11.6 Å². The third kappa shape index (κ3) is 4.42. The van der Waals surface area contributed by atoms with Crippen LogP contribution in [0.5, 0.6) is 0 Å². The predicted molar refractivity (Wildman–Crippen MR) is 95.0 cm³/mol. The molecule has 1 unspecified atom stereocenters. The van der Waals surface area contributed by atoms with Gasteiger partial charge >= 0.3 is 12.0 Å². The van der Waals surface area contributed by atoms with Crippen molar-refractivity contribution < 1.29 is 19.5 Å². The highest BCUT2D eigenvalue weighted by Crippen LogP contribution is 2.25. The molecule has 1 aliphatic heterocycles. The van der Waals surface area contributed by atoms with E-state index in [1.165, 1.54) is 11.0 Å². The zero-order valence-electron chi connectivity index (χ0n) is 14.5. The molecule has 136 valence electrons. The molecule has 1 aliphatic rings. The summed E-state index contributed by atoms with van der Waals surface area (Å²) in [5.41, 5.74) is 0.745. The molecule has 1 heterocycles. The van der Waals surface area contributed by atoms with Crippen LogP contribution in [0.25, 0.3) is 0 Å². The van der Waals surface area contributed by atoms with Crippen LogP contribution in [-0.2, 0) is 4.79 Å². The summed E-state index contributed by atoms with van der Waals surface area (Å²) in [6, 6.07) is 4.32. The van der Waals surface area contributed by atoms with E-state index in [1.54, 1.807) is 24.1 Å². The summed E-state index contributed by atoms with van der Waals surface area (Å²) < 4.78 is 0. The van der Waals surface area contributed by atoms with Crippen molar-refractivity contribution in [2.45, 2.75) is 26.3 Å². The van der Waals surface area contributed by atoms with Gasteiger partial charge in [0, 0.05) is 31.7 Å². The van der Waals surface area contributed by atoms with Gasteiger partial charge < -0.3 is 20.2 Å². The topological polar surface area (TPSA) is 90.0 Å². The number of likely N-dealkylation sites (tertiary alicyclic amines) is 1. The molecule has 1 saturated heterocycles. The number of rotatable bonds is 4. The van der Waals surface area contributed by atoms with Gasteiger partial charge in [0.15, 0.2) is 0 Å². The van der Waals surface area contributed by atoms with Crippen molar-refractivity contribution in [1.82, 2.24) is 9.80 Å². The fourth-order valence-electron chi connectivity index (χ4n) is 2.53. The second-order valence-electron chi connectivity index (χ2n) is 6.40. The van der Waals surface area contributed by atoms with Crippen LogP contribution < -0.4 is 5.32 Å². The average Bonchev–Trinajstić information content (AvgIpc) is 3.05. The highest BCUT2D eigenvalue weighted by molar-refractivity contribution is 6.33. The Hall–Kier alpha value is -2.28. The fraction of sp³-hybridized carbons (Fsp3) is 0.471. The third-order valence-electron chi connectivity index (χ3n) is 4.37. The minimum Gasteiger partial charge on any atom is -0.481 e. The SMILES string of the molecule is CC(C)N(C)C(=O)c1ccc(Cl)c(NC(=O)N2CCC(C(=O)O)C2)c1. The van der Waals surface area contributed by atoms with Crippen molar-refractivity contribution in [3.63, 3.8) is 0 Å². The van der Waals surface area contributed by atoms with Gasteiger partial charge in [0.2, 0.25) is 0 Å². The molecule has 1 atom stereocenters. The first-order valence-corrected chi connectivity index (χ1v) is 8.44. The summed E-state index contributed by atoms with van der Waals surface area (Å²) in [5.74, 6) is -1.62. The van der Waals surface area contributed by atoms with Crippen molar-refractivity contribution in [1.29, 1.82) is 0 Å². The molecule has 2 N–H and O–H groups in total. The molecule has 2 rings (SSSR count). The highest BCUT2D eigenvalue weighted by atomic mass is 35.5. The van der Waals surface area contributed by atoms with Gasteiger partial charge in [0.05, 0.1) is 16.6 Å². The number of hydrogen-bond donors (Lipinski definition) is 2. The normalized spacial score (nSPS) is 16.8. The van der Waals surface area contributed by atoms with Gasteiger partial charge in [-0.15, -0.1) is 0 Å². The maximum Gasteiger partial charge on any atom is 0.321 e. The zero-order chi connectivity index (χ0) is 18.7. The molecule has 1 fully saturated rings. The number of carbonyl (C=O) groups is 3. The number of nitrogens with zero attached hydrogens (tertiary/aromatic N) is 2. The lowest BCUT2D eigenvalue weighted by atomic mass is 10.1. The van der Waals surface area contributed by atoms with Crippen molar-refractivity contribution in [3.8, 4) is 0 Å². The van der Waals surface area contributed by atoms with Crippen LogP contribution in [0.4, 0.5) is 10.5 Å². The maximum absolute atomic E-state index is 12.4. The van der Waals surface area contributed by atoms with Gasteiger partial charge in [-0.05, 0) is 38.5 Å². The number of benzene rings is 1. The zero-order valence-corrected chi connectivity index (χ0v) is 15.2. The Labute approximate surface area is 151 Å². The number of hydrogen-bond acceptors (Lipinski definition) is 3. The minimum absolute atomic E-state index is 0.0405. The molecule has 0 radical (unpaired) electrons. The second kappa shape index (κ2) is 7.74. The van der Waals surface area contributed by atoms with E-state index in [0.29, 0.717) is 29.2 Å². The molecule has 7 nitrogen and oxygen atoms in total. The summed E-state index contributed by atoms with van der Waals surface area (Å²) in [5, 5.41) is 12.0. The first kappa shape index (κ1) is 19.1. The van der Waals surface area contributed by atoms with Gasteiger partial charge in [-0.1, -0.05) is 11.6 Å². The maximum atomic E-state index is 12.4. The van der Waals surface area contributed by atoms with E-state index in [-0.39, 0.29) is 18.5 Å². The fourth-order valence-corrected chi connectivity index (χ4v) is 2.70. The van der Waals surface area contributed by atoms with E-state index in [2.05, 4.69) is 5.32 Å². The van der Waals surface area contributed by atoms with E-state index in [4.69, 9.17) is 16.7 Å². The molecule has 3 amide bonds. The second-order valence-corrected chi connectivity index (χ2v) is 6.81. The molecular weight excluding hydrogens is 346 g/mol. The molecule has 1 aromatic rings. The lowest BCUT2D eigenvalue weighted by molar-refractivity contribution is -0.141. The molecule has 0 spiro atoms. The average molecular weight is 368 g/mol. The van der Waals surface area contributed by atoms with E-state index >= 15 is 0 Å². The number of carboxylic acid groups (broad SMARTS) is 1. The Morgan fingerprint density at radius 3 is 2.60 bits per heavy atom. The smallest absolute Gasteiger partial charge is 0.321 e. The summed E-state index contributed by atoms with van der Waals surface area (Å²) in [6.45, 7) is 4.34. The van der Waals surface area contributed by atoms with Crippen LogP contribution in [0.15, 0.2) is 18.2 Å². The molecule has 0 bridgehead atoms. The Bertz CT molecular complexity index is 692. The summed E-state index contributed by atoms with van der Waals surface area (Å²) in [7, 11) is 1.70. The Morgan fingerprint density at radius 1 is 1.36 bits per heavy atom. The summed E-state index contributed by atoms with van der Waals surface area (Å²) in [4.78, 5) is 38.8. The Morgan fingerprint density at radius 2 is 2.04 bits per heavy atom. The number of urea groups is 1. The molecule has 8 heteroatoms. The van der Waals surface area contributed by atoms with Gasteiger partial charge in [-0.2, -0.15) is 0 Å². The number of halogens is 1. The van der Waals surface area contributed by atoms with Crippen molar-refractivity contribution >= 4 is 35.2 Å². The van der Waals surface area contributed by atoms with Gasteiger partial charge in [-0.3, -0.25) is 9.59 Å². The van der Waals surface area contributed by atoms with E-state index in [9.17, 15) is 14.4 Å². The molecular formula is C17H22ClN3O4. The minimum atomic E-state index is -0.905. The van der Waals surface area contributed by atoms with E-state index < -0.39 is 17.9 Å². The molecule has 1 aromatic carbocycles. The summed E-state index contributed by atoms with van der Waals surface area (Å²) in [6.07, 6.45) is 0.425. The van der Waals surface area contributed by atoms with Crippen molar-refractivity contribution in [3.05, 3.63) is 28.8 Å². The third-order valence-corrected chi connectivity index (χ3v) is 4.70. The number of carboxylic acids is 1. The molecule has 0 aliphatic carbocycles. The van der Waals surface area contributed by atoms with E-state index in [1.807, 2.05) is 13.8 Å². The van der Waals surface area contributed by atoms with Crippen LogP contribution in [0.2, 0.25) is 5.02 Å². The first-order chi connectivity index (χ1) is 11.7. The van der Waals surface area contributed by atoms with Crippen molar-refractivity contribution in [2.24, 2.45) is 5.92 Å². The Balaban J connectivity index is 2.12. The van der Waals surface area contributed by atoms with Gasteiger partial charge in [0.25, 0.3) is 5.91 Å². The number of amides is 3. The predicted octanol–water partition coefficient (Wildman–Crippen LogP) is 2.76. The number of aliphatic carboxylic acids is 1. The lowest BCUT2D eigenvalue weighted by Gasteiger charge is -2.22. The van der Waals surface area contributed by atoms with Gasteiger partial charge in [0.1, 0.15) is 0 Å². The van der Waals surface area contributed by atoms with Crippen LogP contribution in [0.3, 0.4) is 0 Å². The van der Waals surface area contributed by atoms with Crippen LogP contribution in [0, 0.1) is 5.92 Å². The van der Waals surface area contributed by atoms with E-state index in [0.717, 1.165) is 0 Å². The monoisotopic (exact) mass is 367 g/mol. The molecule has 0 aromatic heterocycles. The lowest BCUT2D eigenvalue weighted by Crippen LogP contribution is -2.34. The molecule has 25 heavy (non-hydrogen) atoms.